The fourth-order valence-corrected chi connectivity index (χ4v) is 2.91. The number of hydrogen-bond acceptors (Lipinski definition) is 3. The Hall–Kier alpha value is -1.42. The summed E-state index contributed by atoms with van der Waals surface area (Å²) in [5.74, 6) is 0.566. The highest BCUT2D eigenvalue weighted by Gasteiger charge is 2.32. The lowest BCUT2D eigenvalue weighted by Crippen LogP contribution is -2.35. The van der Waals surface area contributed by atoms with E-state index in [9.17, 15) is 4.79 Å². The molecule has 1 aromatic carbocycles. The van der Waals surface area contributed by atoms with Crippen molar-refractivity contribution in [3.8, 4) is 0 Å². The number of fused-ring (bicyclic) bond motifs is 1. The predicted octanol–water partition coefficient (Wildman–Crippen LogP) is 3.36. The maximum absolute atomic E-state index is 12.1. The summed E-state index contributed by atoms with van der Waals surface area (Å²) in [4.78, 5) is 12.1. The minimum atomic E-state index is -0.129. The van der Waals surface area contributed by atoms with Crippen LogP contribution in [-0.2, 0) is 4.79 Å². The van der Waals surface area contributed by atoms with E-state index in [4.69, 9.17) is 0 Å². The van der Waals surface area contributed by atoms with Crippen LogP contribution in [0, 0.1) is 11.8 Å². The number of ketones is 1. The third-order valence-electron chi connectivity index (χ3n) is 3.62. The van der Waals surface area contributed by atoms with Crippen LogP contribution in [-0.4, -0.2) is 11.5 Å². The van der Waals surface area contributed by atoms with Gasteiger partial charge in [0.05, 0.1) is 17.3 Å². The van der Waals surface area contributed by atoms with E-state index >= 15 is 0 Å². The Labute approximate surface area is 120 Å². The summed E-state index contributed by atoms with van der Waals surface area (Å²) in [5, 5.41) is 4.40. The third kappa shape index (κ3) is 2.50. The lowest BCUT2D eigenvalue weighted by molar-refractivity contribution is -0.121. The van der Waals surface area contributed by atoms with Crippen LogP contribution in [0.4, 0.5) is 0 Å². The molecule has 1 heterocycles. The van der Waals surface area contributed by atoms with Gasteiger partial charge in [-0.25, -0.2) is 0 Å². The van der Waals surface area contributed by atoms with E-state index in [1.165, 1.54) is 0 Å². The van der Waals surface area contributed by atoms with Crippen molar-refractivity contribution in [1.82, 2.24) is 5.43 Å². The second-order valence-electron chi connectivity index (χ2n) is 5.26. The summed E-state index contributed by atoms with van der Waals surface area (Å²) in [6.07, 6.45) is 3.58. The number of nitrogens with zero attached hydrogens (tertiary/aromatic N) is 1. The topological polar surface area (TPSA) is 41.5 Å². The standard InChI is InChI=1S/C15H15BrN2O/c1-9-6-14-12(15(19)7-9)8-13(17-18-14)10-2-4-11(16)5-3-10/h2-5,8-9,12,17H,6-7H2,1H3/t9-,12+/m1/s1. The first kappa shape index (κ1) is 12.6. The van der Waals surface area contributed by atoms with E-state index < -0.39 is 0 Å². The highest BCUT2D eigenvalue weighted by molar-refractivity contribution is 9.10. The van der Waals surface area contributed by atoms with Crippen molar-refractivity contribution >= 4 is 33.1 Å². The number of rotatable bonds is 1. The molecular weight excluding hydrogens is 304 g/mol. The molecule has 2 aliphatic rings. The predicted molar refractivity (Wildman–Crippen MR) is 79.6 cm³/mol. The molecule has 1 aromatic rings. The molecule has 1 N–H and O–H groups in total. The van der Waals surface area contributed by atoms with Gasteiger partial charge in [0.2, 0.25) is 0 Å². The Morgan fingerprint density at radius 3 is 2.74 bits per heavy atom. The summed E-state index contributed by atoms with van der Waals surface area (Å²) in [7, 11) is 0. The van der Waals surface area contributed by atoms with Gasteiger partial charge in [-0.2, -0.15) is 5.10 Å². The first-order valence-electron chi connectivity index (χ1n) is 6.46. The van der Waals surface area contributed by atoms with Gasteiger partial charge < -0.3 is 0 Å². The number of carbonyl (C=O) groups excluding carboxylic acids is 1. The Morgan fingerprint density at radius 2 is 2.00 bits per heavy atom. The first-order chi connectivity index (χ1) is 9.13. The number of halogens is 1. The lowest BCUT2D eigenvalue weighted by atomic mass is 9.79. The van der Waals surface area contributed by atoms with Crippen LogP contribution in [0.25, 0.3) is 5.70 Å². The first-order valence-corrected chi connectivity index (χ1v) is 7.25. The molecule has 0 saturated heterocycles. The number of carbonyl (C=O) groups is 1. The van der Waals surface area contributed by atoms with Crippen molar-refractivity contribution < 1.29 is 4.79 Å². The molecule has 1 fully saturated rings. The third-order valence-corrected chi connectivity index (χ3v) is 4.15. The molecule has 0 amide bonds. The minimum Gasteiger partial charge on any atom is -0.299 e. The second kappa shape index (κ2) is 4.93. The molecule has 0 spiro atoms. The number of Topliss-reactive ketones (excluding diaryl/α,β-unsaturated/α-hetero) is 1. The van der Waals surface area contributed by atoms with Gasteiger partial charge in [-0.05, 0) is 36.1 Å². The van der Waals surface area contributed by atoms with E-state index in [0.29, 0.717) is 12.3 Å². The summed E-state index contributed by atoms with van der Waals surface area (Å²) in [6, 6.07) is 8.00. The molecule has 0 aromatic heterocycles. The molecule has 1 saturated carbocycles. The molecular formula is C15H15BrN2O. The Bertz CT molecular complexity index is 574. The fourth-order valence-electron chi connectivity index (χ4n) is 2.64. The summed E-state index contributed by atoms with van der Waals surface area (Å²) < 4.78 is 1.04. The zero-order valence-corrected chi connectivity index (χ0v) is 12.3. The van der Waals surface area contributed by atoms with Crippen molar-refractivity contribution in [2.75, 3.05) is 0 Å². The molecule has 4 heteroatoms. The number of hydrogen-bond donors (Lipinski definition) is 1. The summed E-state index contributed by atoms with van der Waals surface area (Å²) in [5.41, 5.74) is 6.03. The Balaban J connectivity index is 1.89. The Morgan fingerprint density at radius 1 is 1.26 bits per heavy atom. The van der Waals surface area contributed by atoms with Gasteiger partial charge in [-0.1, -0.05) is 35.0 Å². The van der Waals surface area contributed by atoms with Crippen LogP contribution in [0.2, 0.25) is 0 Å². The van der Waals surface area contributed by atoms with E-state index in [1.807, 2.05) is 30.3 Å². The van der Waals surface area contributed by atoms with Gasteiger partial charge in [0.1, 0.15) is 5.78 Å². The zero-order valence-electron chi connectivity index (χ0n) is 10.7. The van der Waals surface area contributed by atoms with E-state index in [1.54, 1.807) is 0 Å². The van der Waals surface area contributed by atoms with Gasteiger partial charge in [0.25, 0.3) is 0 Å². The summed E-state index contributed by atoms with van der Waals surface area (Å²) >= 11 is 3.42. The number of nitrogens with one attached hydrogen (secondary N) is 1. The number of hydrazone groups is 1. The molecule has 3 rings (SSSR count). The van der Waals surface area contributed by atoms with Crippen molar-refractivity contribution in [1.29, 1.82) is 0 Å². The minimum absolute atomic E-state index is 0.129. The van der Waals surface area contributed by atoms with Crippen LogP contribution in [0.5, 0.6) is 0 Å². The van der Waals surface area contributed by atoms with Crippen LogP contribution in [0.15, 0.2) is 39.9 Å². The quantitative estimate of drug-likeness (QED) is 0.862. The summed E-state index contributed by atoms with van der Waals surface area (Å²) in [6.45, 7) is 2.10. The van der Waals surface area contributed by atoms with E-state index in [2.05, 4.69) is 33.4 Å². The van der Waals surface area contributed by atoms with Crippen LogP contribution >= 0.6 is 15.9 Å². The van der Waals surface area contributed by atoms with Crippen molar-refractivity contribution in [3.05, 3.63) is 40.4 Å². The number of allylic oxidation sites excluding steroid dienone is 1. The van der Waals surface area contributed by atoms with Crippen molar-refractivity contribution in [2.45, 2.75) is 19.8 Å². The van der Waals surface area contributed by atoms with Gasteiger partial charge in [-0.15, -0.1) is 0 Å². The monoisotopic (exact) mass is 318 g/mol. The van der Waals surface area contributed by atoms with Crippen LogP contribution in [0.1, 0.15) is 25.3 Å². The average molecular weight is 319 g/mol. The van der Waals surface area contributed by atoms with Gasteiger partial charge >= 0.3 is 0 Å². The average Bonchev–Trinajstić information content (AvgIpc) is 2.39. The SMILES string of the molecule is C[C@H]1CC(=O)[C@H]2C=C(c3ccc(Br)cc3)NN=C2C1. The van der Waals surface area contributed by atoms with E-state index in [0.717, 1.165) is 27.9 Å². The van der Waals surface area contributed by atoms with Crippen LogP contribution < -0.4 is 5.43 Å². The molecule has 0 unspecified atom stereocenters. The molecule has 19 heavy (non-hydrogen) atoms. The maximum Gasteiger partial charge on any atom is 0.145 e. The van der Waals surface area contributed by atoms with Gasteiger partial charge in [0, 0.05) is 10.9 Å². The van der Waals surface area contributed by atoms with Gasteiger partial charge in [-0.3, -0.25) is 10.2 Å². The molecule has 98 valence electrons. The zero-order chi connectivity index (χ0) is 13.4. The fraction of sp³-hybridized carbons (Fsp3) is 0.333. The normalized spacial score (nSPS) is 26.1. The smallest absolute Gasteiger partial charge is 0.145 e. The van der Waals surface area contributed by atoms with E-state index in [-0.39, 0.29) is 11.7 Å². The molecule has 2 atom stereocenters. The largest absolute Gasteiger partial charge is 0.299 e. The maximum atomic E-state index is 12.1. The van der Waals surface area contributed by atoms with Crippen LogP contribution in [0.3, 0.4) is 0 Å². The second-order valence-corrected chi connectivity index (χ2v) is 6.18. The molecule has 0 bridgehead atoms. The molecule has 3 nitrogen and oxygen atoms in total. The molecule has 1 aliphatic carbocycles. The molecule has 1 aliphatic heterocycles. The highest BCUT2D eigenvalue weighted by atomic mass is 79.9. The lowest BCUT2D eigenvalue weighted by Gasteiger charge is -2.28. The Kier molecular flexibility index (Phi) is 3.27. The van der Waals surface area contributed by atoms with Crippen molar-refractivity contribution in [2.24, 2.45) is 16.9 Å². The van der Waals surface area contributed by atoms with Gasteiger partial charge in [0.15, 0.2) is 0 Å². The van der Waals surface area contributed by atoms with Crippen molar-refractivity contribution in [3.63, 3.8) is 0 Å². The number of benzene rings is 1. The molecule has 0 radical (unpaired) electrons. The highest BCUT2D eigenvalue weighted by Crippen LogP contribution is 2.29.